The molecule has 0 spiro atoms. The average Bonchev–Trinajstić information content (AvgIpc) is 2.56. The van der Waals surface area contributed by atoms with Crippen LogP contribution in [0, 0.1) is 0 Å². The van der Waals surface area contributed by atoms with Gasteiger partial charge in [0.2, 0.25) is 0 Å². The zero-order chi connectivity index (χ0) is 14.7. The summed E-state index contributed by atoms with van der Waals surface area (Å²) >= 11 is 5.96. The van der Waals surface area contributed by atoms with Crippen LogP contribution < -0.4 is 5.32 Å². The second-order valence-corrected chi connectivity index (χ2v) is 5.17. The van der Waals surface area contributed by atoms with Gasteiger partial charge in [0.25, 0.3) is 0 Å². The minimum Gasteiger partial charge on any atom is -0.388 e. The van der Waals surface area contributed by atoms with Gasteiger partial charge in [0, 0.05) is 35.1 Å². The Morgan fingerprint density at radius 1 is 0.857 bits per heavy atom. The molecule has 0 amide bonds. The maximum Gasteiger partial charge on any atom is 0.0780 e. The third-order valence-electron chi connectivity index (χ3n) is 3.41. The number of benzene rings is 2. The largest absolute Gasteiger partial charge is 0.388 e. The molecular formula is C18H15ClN2. The standard InChI is InChI=1S/C18H15ClN2/c1-20-16-10-6-13(7-11-16)17-3-2-12-21-18(17)14-4-8-15(19)9-5-14/h2-12,20H,1H3. The molecule has 0 saturated heterocycles. The van der Waals surface area contributed by atoms with E-state index >= 15 is 0 Å². The molecule has 0 radical (unpaired) electrons. The van der Waals surface area contributed by atoms with Crippen LogP contribution in [-0.2, 0) is 0 Å². The third kappa shape index (κ3) is 2.91. The van der Waals surface area contributed by atoms with Crippen LogP contribution in [0.1, 0.15) is 0 Å². The molecule has 0 aliphatic carbocycles. The van der Waals surface area contributed by atoms with Crippen LogP contribution in [0.2, 0.25) is 5.02 Å². The van der Waals surface area contributed by atoms with Crippen molar-refractivity contribution in [3.8, 4) is 22.4 Å². The zero-order valence-electron chi connectivity index (χ0n) is 11.7. The van der Waals surface area contributed by atoms with E-state index in [1.807, 2.05) is 43.6 Å². The van der Waals surface area contributed by atoms with E-state index in [1.54, 1.807) is 0 Å². The molecule has 1 N–H and O–H groups in total. The molecule has 0 unspecified atom stereocenters. The molecule has 0 fully saturated rings. The van der Waals surface area contributed by atoms with E-state index in [0.29, 0.717) is 0 Å². The molecule has 0 aliphatic rings. The van der Waals surface area contributed by atoms with Gasteiger partial charge < -0.3 is 5.32 Å². The lowest BCUT2D eigenvalue weighted by molar-refractivity contribution is 1.32. The fourth-order valence-corrected chi connectivity index (χ4v) is 2.42. The molecule has 1 heterocycles. The van der Waals surface area contributed by atoms with E-state index in [2.05, 4.69) is 40.6 Å². The van der Waals surface area contributed by atoms with Crippen LogP contribution in [0.5, 0.6) is 0 Å². The van der Waals surface area contributed by atoms with E-state index in [4.69, 9.17) is 11.6 Å². The Balaban J connectivity index is 2.08. The molecule has 3 heteroatoms. The number of anilines is 1. The Kier molecular flexibility index (Phi) is 3.89. The van der Waals surface area contributed by atoms with E-state index < -0.39 is 0 Å². The van der Waals surface area contributed by atoms with Gasteiger partial charge in [-0.15, -0.1) is 0 Å². The molecule has 2 aromatic carbocycles. The first-order valence-electron chi connectivity index (χ1n) is 6.77. The molecule has 0 aliphatic heterocycles. The highest BCUT2D eigenvalue weighted by Crippen LogP contribution is 2.31. The Bertz CT molecular complexity index is 734. The van der Waals surface area contributed by atoms with Crippen molar-refractivity contribution in [1.29, 1.82) is 0 Å². The first-order chi connectivity index (χ1) is 10.3. The lowest BCUT2D eigenvalue weighted by Gasteiger charge is -2.10. The Morgan fingerprint density at radius 2 is 1.52 bits per heavy atom. The van der Waals surface area contributed by atoms with Gasteiger partial charge in [-0.05, 0) is 35.9 Å². The fourth-order valence-electron chi connectivity index (χ4n) is 2.29. The lowest BCUT2D eigenvalue weighted by Crippen LogP contribution is -1.90. The molecule has 0 saturated carbocycles. The summed E-state index contributed by atoms with van der Waals surface area (Å²) in [5.74, 6) is 0. The second kappa shape index (κ2) is 5.98. The molecule has 21 heavy (non-hydrogen) atoms. The van der Waals surface area contributed by atoms with Crippen molar-refractivity contribution in [2.45, 2.75) is 0 Å². The highest BCUT2D eigenvalue weighted by Gasteiger charge is 2.08. The van der Waals surface area contributed by atoms with Crippen molar-refractivity contribution in [2.75, 3.05) is 12.4 Å². The summed E-state index contributed by atoms with van der Waals surface area (Å²) in [6.45, 7) is 0. The van der Waals surface area contributed by atoms with E-state index in [9.17, 15) is 0 Å². The monoisotopic (exact) mass is 294 g/mol. The highest BCUT2D eigenvalue weighted by molar-refractivity contribution is 6.30. The van der Waals surface area contributed by atoms with Crippen LogP contribution in [0.15, 0.2) is 66.9 Å². The quantitative estimate of drug-likeness (QED) is 0.726. The Labute approximate surface area is 129 Å². The molecular weight excluding hydrogens is 280 g/mol. The average molecular weight is 295 g/mol. The molecule has 0 bridgehead atoms. The topological polar surface area (TPSA) is 24.9 Å². The molecule has 3 aromatic rings. The second-order valence-electron chi connectivity index (χ2n) is 4.73. The van der Waals surface area contributed by atoms with Gasteiger partial charge in [-0.2, -0.15) is 0 Å². The molecule has 3 rings (SSSR count). The first kappa shape index (κ1) is 13.7. The van der Waals surface area contributed by atoms with Gasteiger partial charge in [-0.1, -0.05) is 41.9 Å². The number of aromatic nitrogens is 1. The summed E-state index contributed by atoms with van der Waals surface area (Å²) in [4.78, 5) is 4.54. The van der Waals surface area contributed by atoms with Gasteiger partial charge >= 0.3 is 0 Å². The van der Waals surface area contributed by atoms with Gasteiger partial charge in [0.05, 0.1) is 5.69 Å². The first-order valence-corrected chi connectivity index (χ1v) is 7.15. The number of nitrogens with one attached hydrogen (secondary N) is 1. The van der Waals surface area contributed by atoms with Crippen LogP contribution >= 0.6 is 11.6 Å². The van der Waals surface area contributed by atoms with E-state index in [-0.39, 0.29) is 0 Å². The van der Waals surface area contributed by atoms with Crippen LogP contribution in [0.4, 0.5) is 5.69 Å². The third-order valence-corrected chi connectivity index (χ3v) is 3.66. The summed E-state index contributed by atoms with van der Waals surface area (Å²) in [5, 5.41) is 3.86. The number of nitrogens with zero attached hydrogens (tertiary/aromatic N) is 1. The van der Waals surface area contributed by atoms with Gasteiger partial charge in [-0.3, -0.25) is 4.98 Å². The SMILES string of the molecule is CNc1ccc(-c2cccnc2-c2ccc(Cl)cc2)cc1. The number of pyridine rings is 1. The fraction of sp³-hybridized carbons (Fsp3) is 0.0556. The molecule has 104 valence electrons. The number of rotatable bonds is 3. The Morgan fingerprint density at radius 3 is 2.19 bits per heavy atom. The summed E-state index contributed by atoms with van der Waals surface area (Å²) in [6, 6.07) is 20.1. The van der Waals surface area contributed by atoms with Crippen molar-refractivity contribution < 1.29 is 0 Å². The summed E-state index contributed by atoms with van der Waals surface area (Å²) in [7, 11) is 1.91. The van der Waals surface area contributed by atoms with E-state index in [1.165, 1.54) is 0 Å². The van der Waals surface area contributed by atoms with Crippen LogP contribution in [0.3, 0.4) is 0 Å². The lowest BCUT2D eigenvalue weighted by atomic mass is 9.99. The van der Waals surface area contributed by atoms with Crippen molar-refractivity contribution >= 4 is 17.3 Å². The molecule has 0 atom stereocenters. The maximum atomic E-state index is 5.96. The normalized spacial score (nSPS) is 10.4. The maximum absolute atomic E-state index is 5.96. The highest BCUT2D eigenvalue weighted by atomic mass is 35.5. The van der Waals surface area contributed by atoms with Gasteiger partial charge in [0.15, 0.2) is 0 Å². The Hall–Kier alpha value is -2.32. The summed E-state index contributed by atoms with van der Waals surface area (Å²) in [6.07, 6.45) is 1.81. The van der Waals surface area contributed by atoms with Crippen molar-refractivity contribution in [1.82, 2.24) is 4.98 Å². The van der Waals surface area contributed by atoms with Crippen molar-refractivity contribution in [2.24, 2.45) is 0 Å². The van der Waals surface area contributed by atoms with Crippen molar-refractivity contribution in [3.63, 3.8) is 0 Å². The summed E-state index contributed by atoms with van der Waals surface area (Å²) in [5.41, 5.74) is 5.38. The molecule has 1 aromatic heterocycles. The number of hydrogen-bond acceptors (Lipinski definition) is 2. The van der Waals surface area contributed by atoms with E-state index in [0.717, 1.165) is 33.1 Å². The predicted octanol–water partition coefficient (Wildman–Crippen LogP) is 5.11. The minimum atomic E-state index is 0.731. The number of halogens is 1. The smallest absolute Gasteiger partial charge is 0.0780 e. The van der Waals surface area contributed by atoms with Crippen LogP contribution in [0.25, 0.3) is 22.4 Å². The zero-order valence-corrected chi connectivity index (χ0v) is 12.4. The van der Waals surface area contributed by atoms with Crippen LogP contribution in [-0.4, -0.2) is 12.0 Å². The molecule has 2 nitrogen and oxygen atoms in total. The van der Waals surface area contributed by atoms with Crippen molar-refractivity contribution in [3.05, 3.63) is 71.9 Å². The predicted molar refractivity (Wildman–Crippen MR) is 89.7 cm³/mol. The van der Waals surface area contributed by atoms with Gasteiger partial charge in [-0.25, -0.2) is 0 Å². The van der Waals surface area contributed by atoms with Gasteiger partial charge in [0.1, 0.15) is 0 Å². The summed E-state index contributed by atoms with van der Waals surface area (Å²) < 4.78 is 0. The minimum absolute atomic E-state index is 0.731. The number of hydrogen-bond donors (Lipinski definition) is 1.